The molecule has 1 heterocycles. The van der Waals surface area contributed by atoms with Gasteiger partial charge in [0.15, 0.2) is 0 Å². The smallest absolute Gasteiger partial charge is 0.411 e. The zero-order chi connectivity index (χ0) is 23.1. The van der Waals surface area contributed by atoms with Gasteiger partial charge in [0.1, 0.15) is 5.75 Å². The number of halogens is 1. The maximum atomic E-state index is 12.9. The summed E-state index contributed by atoms with van der Waals surface area (Å²) in [6, 6.07) is 12.1. The lowest BCUT2D eigenvalue weighted by atomic mass is 9.95. The Morgan fingerprint density at radius 1 is 1.06 bits per heavy atom. The number of benzene rings is 2. The first-order chi connectivity index (χ1) is 15.4. The lowest BCUT2D eigenvalue weighted by Crippen LogP contribution is -2.43. The summed E-state index contributed by atoms with van der Waals surface area (Å²) < 4.78 is 9.83. The van der Waals surface area contributed by atoms with Gasteiger partial charge in [0.2, 0.25) is 5.91 Å². The van der Waals surface area contributed by atoms with Crippen molar-refractivity contribution in [2.45, 2.75) is 19.4 Å². The third-order valence-corrected chi connectivity index (χ3v) is 5.63. The maximum Gasteiger partial charge on any atom is 0.411 e. The largest absolute Gasteiger partial charge is 0.496 e. The molecule has 1 saturated heterocycles. The molecule has 32 heavy (non-hydrogen) atoms. The summed E-state index contributed by atoms with van der Waals surface area (Å²) in [5.41, 5.74) is 1.95. The van der Waals surface area contributed by atoms with E-state index < -0.39 is 6.09 Å². The molecule has 0 aromatic heterocycles. The topological polar surface area (TPSA) is 97.0 Å². The molecular weight excluding hydrogens is 434 g/mol. The van der Waals surface area contributed by atoms with Gasteiger partial charge in [-0.3, -0.25) is 14.9 Å². The van der Waals surface area contributed by atoms with Crippen LogP contribution in [0.4, 0.5) is 10.5 Å². The normalized spacial score (nSPS) is 13.9. The molecule has 2 aromatic rings. The fraction of sp³-hybridized carbons (Fsp3) is 0.348. The van der Waals surface area contributed by atoms with E-state index in [1.807, 2.05) is 12.1 Å². The van der Waals surface area contributed by atoms with Crippen molar-refractivity contribution in [3.8, 4) is 5.75 Å². The summed E-state index contributed by atoms with van der Waals surface area (Å²) in [5.74, 6) is 0.144. The summed E-state index contributed by atoms with van der Waals surface area (Å²) in [5, 5.41) is 5.99. The second-order valence-electron chi connectivity index (χ2n) is 7.44. The van der Waals surface area contributed by atoms with E-state index in [9.17, 15) is 14.4 Å². The monoisotopic (exact) mass is 459 g/mol. The van der Waals surface area contributed by atoms with Crippen LogP contribution in [-0.2, 0) is 16.1 Å². The molecule has 0 bridgehead atoms. The van der Waals surface area contributed by atoms with Gasteiger partial charge in [-0.1, -0.05) is 23.7 Å². The Kier molecular flexibility index (Phi) is 7.94. The van der Waals surface area contributed by atoms with Crippen molar-refractivity contribution in [3.05, 3.63) is 58.6 Å². The third-order valence-electron chi connectivity index (χ3n) is 5.40. The number of likely N-dealkylation sites (tertiary alicyclic amines) is 1. The van der Waals surface area contributed by atoms with Crippen LogP contribution < -0.4 is 15.4 Å². The van der Waals surface area contributed by atoms with Crippen LogP contribution in [0.2, 0.25) is 5.02 Å². The number of carbonyl (C=O) groups excluding carboxylic acids is 3. The van der Waals surface area contributed by atoms with E-state index in [4.69, 9.17) is 16.3 Å². The van der Waals surface area contributed by atoms with Crippen LogP contribution in [0.5, 0.6) is 5.75 Å². The number of anilines is 1. The van der Waals surface area contributed by atoms with E-state index >= 15 is 0 Å². The fourth-order valence-electron chi connectivity index (χ4n) is 3.57. The molecule has 3 rings (SSSR count). The van der Waals surface area contributed by atoms with Crippen molar-refractivity contribution in [2.75, 3.05) is 32.6 Å². The summed E-state index contributed by atoms with van der Waals surface area (Å²) in [4.78, 5) is 38.4. The van der Waals surface area contributed by atoms with Gasteiger partial charge in [-0.2, -0.15) is 0 Å². The van der Waals surface area contributed by atoms with Crippen molar-refractivity contribution in [1.82, 2.24) is 10.2 Å². The Bertz CT molecular complexity index is 972. The Morgan fingerprint density at radius 2 is 1.75 bits per heavy atom. The molecule has 3 amide bonds. The zero-order valence-electron chi connectivity index (χ0n) is 18.0. The number of piperidine rings is 1. The minimum absolute atomic E-state index is 0.0332. The van der Waals surface area contributed by atoms with Crippen LogP contribution in [0.25, 0.3) is 0 Å². The summed E-state index contributed by atoms with van der Waals surface area (Å²) in [6.45, 7) is 1.36. The number of hydrogen-bond donors (Lipinski definition) is 2. The highest BCUT2D eigenvalue weighted by Crippen LogP contribution is 2.26. The molecule has 9 heteroatoms. The van der Waals surface area contributed by atoms with E-state index in [-0.39, 0.29) is 17.7 Å². The Balaban J connectivity index is 1.49. The number of ether oxygens (including phenoxy) is 2. The number of carbonyl (C=O) groups is 3. The number of amides is 3. The number of rotatable bonds is 6. The number of hydrogen-bond acceptors (Lipinski definition) is 5. The van der Waals surface area contributed by atoms with Gasteiger partial charge in [0.05, 0.1) is 19.8 Å². The fourth-order valence-corrected chi connectivity index (χ4v) is 3.74. The first-order valence-electron chi connectivity index (χ1n) is 10.3. The number of nitrogens with zero attached hydrogens (tertiary/aromatic N) is 1. The highest BCUT2D eigenvalue weighted by Gasteiger charge is 2.29. The minimum atomic E-state index is -0.537. The van der Waals surface area contributed by atoms with Gasteiger partial charge in [-0.15, -0.1) is 0 Å². The van der Waals surface area contributed by atoms with Crippen molar-refractivity contribution in [1.29, 1.82) is 0 Å². The van der Waals surface area contributed by atoms with Crippen LogP contribution in [0.3, 0.4) is 0 Å². The lowest BCUT2D eigenvalue weighted by Gasteiger charge is -2.31. The Hall–Kier alpha value is -3.26. The Labute approximate surface area is 191 Å². The van der Waals surface area contributed by atoms with E-state index in [0.29, 0.717) is 54.5 Å². The highest BCUT2D eigenvalue weighted by atomic mass is 35.5. The van der Waals surface area contributed by atoms with Crippen molar-refractivity contribution < 1.29 is 23.9 Å². The van der Waals surface area contributed by atoms with Crippen molar-refractivity contribution in [3.63, 3.8) is 0 Å². The van der Waals surface area contributed by atoms with Crippen molar-refractivity contribution in [2.24, 2.45) is 5.92 Å². The molecule has 0 saturated carbocycles. The molecule has 1 aliphatic heterocycles. The van der Waals surface area contributed by atoms with Crippen molar-refractivity contribution >= 4 is 35.2 Å². The van der Waals surface area contributed by atoms with Gasteiger partial charge in [0, 0.05) is 36.3 Å². The van der Waals surface area contributed by atoms with Gasteiger partial charge in [-0.05, 0) is 48.7 Å². The van der Waals surface area contributed by atoms with E-state index in [1.165, 1.54) is 14.2 Å². The average Bonchev–Trinajstić information content (AvgIpc) is 2.83. The van der Waals surface area contributed by atoms with Crippen LogP contribution in [-0.4, -0.2) is 50.1 Å². The quantitative estimate of drug-likeness (QED) is 0.686. The van der Waals surface area contributed by atoms with Crippen LogP contribution in [0, 0.1) is 5.92 Å². The van der Waals surface area contributed by atoms with Crippen LogP contribution in [0.15, 0.2) is 42.5 Å². The molecule has 2 aromatic carbocycles. The number of methoxy groups -OCH3 is 2. The predicted octanol–water partition coefficient (Wildman–Crippen LogP) is 3.70. The van der Waals surface area contributed by atoms with Crippen LogP contribution >= 0.6 is 11.6 Å². The highest BCUT2D eigenvalue weighted by molar-refractivity contribution is 6.31. The molecule has 0 atom stereocenters. The average molecular weight is 460 g/mol. The molecule has 0 spiro atoms. The standard InChI is InChI=1S/C23H26ClN3O5/c1-31-20-8-5-17(24)13-19(20)22(29)27-11-9-16(10-12-27)21(28)25-14-15-3-6-18(7-4-15)26-23(30)32-2/h3-8,13,16H,9-12,14H2,1-2H3,(H,25,28)(H,26,30). The zero-order valence-corrected chi connectivity index (χ0v) is 18.8. The first-order valence-corrected chi connectivity index (χ1v) is 10.6. The molecule has 170 valence electrons. The maximum absolute atomic E-state index is 12.9. The van der Waals surface area contributed by atoms with E-state index in [1.54, 1.807) is 35.2 Å². The molecule has 2 N–H and O–H groups in total. The molecular formula is C23H26ClN3O5. The minimum Gasteiger partial charge on any atom is -0.496 e. The lowest BCUT2D eigenvalue weighted by molar-refractivity contribution is -0.126. The summed E-state index contributed by atoms with van der Waals surface area (Å²) >= 11 is 6.04. The first kappa shape index (κ1) is 23.4. The third kappa shape index (κ3) is 5.91. The van der Waals surface area contributed by atoms with E-state index in [2.05, 4.69) is 15.4 Å². The SMILES string of the molecule is COC(=O)Nc1ccc(CNC(=O)C2CCN(C(=O)c3cc(Cl)ccc3OC)CC2)cc1. The second kappa shape index (κ2) is 10.9. The molecule has 0 radical (unpaired) electrons. The molecule has 1 aliphatic rings. The summed E-state index contributed by atoms with van der Waals surface area (Å²) in [6.07, 6.45) is 0.634. The van der Waals surface area contributed by atoms with Gasteiger partial charge < -0.3 is 19.7 Å². The number of nitrogens with one attached hydrogen (secondary N) is 2. The Morgan fingerprint density at radius 3 is 2.38 bits per heavy atom. The molecule has 0 aliphatic carbocycles. The second-order valence-corrected chi connectivity index (χ2v) is 7.88. The van der Waals surface area contributed by atoms with E-state index in [0.717, 1.165) is 5.56 Å². The molecule has 1 fully saturated rings. The van der Waals surface area contributed by atoms with Gasteiger partial charge in [-0.25, -0.2) is 4.79 Å². The van der Waals surface area contributed by atoms with Crippen LogP contribution in [0.1, 0.15) is 28.8 Å². The predicted molar refractivity (Wildman–Crippen MR) is 121 cm³/mol. The summed E-state index contributed by atoms with van der Waals surface area (Å²) in [7, 11) is 2.81. The molecule has 8 nitrogen and oxygen atoms in total. The molecule has 0 unspecified atom stereocenters. The van der Waals surface area contributed by atoms with Gasteiger partial charge >= 0.3 is 6.09 Å². The van der Waals surface area contributed by atoms with Gasteiger partial charge in [0.25, 0.3) is 5.91 Å².